The number of piperidine rings is 1. The number of nitrogens with one attached hydrogen (secondary N) is 1. The van der Waals surface area contributed by atoms with E-state index in [-0.39, 0.29) is 17.9 Å². The van der Waals surface area contributed by atoms with Gasteiger partial charge < -0.3 is 10.1 Å². The first-order valence-electron chi connectivity index (χ1n) is 9.48. The van der Waals surface area contributed by atoms with Crippen molar-refractivity contribution in [3.63, 3.8) is 0 Å². The van der Waals surface area contributed by atoms with Gasteiger partial charge in [0.2, 0.25) is 5.91 Å². The number of rotatable bonds is 7. The normalized spacial score (nSPS) is 17.2. The van der Waals surface area contributed by atoms with Crippen LogP contribution in [0.15, 0.2) is 46.0 Å². The van der Waals surface area contributed by atoms with Crippen molar-refractivity contribution >= 4 is 27.3 Å². The number of hydrogen-bond donors (Lipinski definition) is 1. The summed E-state index contributed by atoms with van der Waals surface area (Å²) in [6.45, 7) is 5.25. The molecule has 1 aromatic heterocycles. The van der Waals surface area contributed by atoms with Crippen LogP contribution in [0.3, 0.4) is 0 Å². The van der Waals surface area contributed by atoms with Gasteiger partial charge in [0, 0.05) is 19.0 Å². The zero-order chi connectivity index (χ0) is 20.1. The van der Waals surface area contributed by atoms with Gasteiger partial charge in [0.15, 0.2) is 0 Å². The minimum Gasteiger partial charge on any atom is -0.494 e. The lowest BCUT2D eigenvalue weighted by atomic mass is 9.96. The van der Waals surface area contributed by atoms with Crippen LogP contribution >= 0.6 is 11.3 Å². The van der Waals surface area contributed by atoms with Crippen LogP contribution in [0.5, 0.6) is 5.75 Å². The molecule has 0 saturated carbocycles. The number of hydrogen-bond acceptors (Lipinski definition) is 5. The lowest BCUT2D eigenvalue weighted by Crippen LogP contribution is -2.43. The quantitative estimate of drug-likeness (QED) is 0.742. The molecule has 6 nitrogen and oxygen atoms in total. The van der Waals surface area contributed by atoms with E-state index in [4.69, 9.17) is 4.74 Å². The summed E-state index contributed by atoms with van der Waals surface area (Å²) in [5.74, 6) is 0.624. The third-order valence-electron chi connectivity index (χ3n) is 4.96. The summed E-state index contributed by atoms with van der Waals surface area (Å²) in [5.41, 5.74) is 1.01. The molecule has 0 unspecified atom stereocenters. The zero-order valence-electron chi connectivity index (χ0n) is 16.1. The van der Waals surface area contributed by atoms with Gasteiger partial charge in [-0.05, 0) is 55.8 Å². The van der Waals surface area contributed by atoms with Crippen LogP contribution in [0.25, 0.3) is 0 Å². The van der Waals surface area contributed by atoms with E-state index in [1.807, 2.05) is 38.1 Å². The number of amides is 1. The first kappa shape index (κ1) is 20.8. The van der Waals surface area contributed by atoms with Gasteiger partial charge in [0.1, 0.15) is 9.96 Å². The minimum atomic E-state index is -3.43. The standard InChI is InChI=1S/C20H26N2O4S2/c1-3-26-18-8-6-16(7-9-18)15(2)21-20(23)17-10-12-22(13-11-17)28(24,25)19-5-4-14-27-19/h4-9,14-15,17H,3,10-13H2,1-2H3,(H,21,23)/t15-/m0/s1. The molecule has 1 aromatic carbocycles. The summed E-state index contributed by atoms with van der Waals surface area (Å²) >= 11 is 1.22. The van der Waals surface area contributed by atoms with Crippen LogP contribution in [0.4, 0.5) is 0 Å². The van der Waals surface area contributed by atoms with Crippen molar-refractivity contribution in [3.8, 4) is 5.75 Å². The maximum Gasteiger partial charge on any atom is 0.252 e. The summed E-state index contributed by atoms with van der Waals surface area (Å²) in [7, 11) is -3.43. The van der Waals surface area contributed by atoms with E-state index in [0.29, 0.717) is 36.7 Å². The molecule has 152 valence electrons. The van der Waals surface area contributed by atoms with Crippen LogP contribution in [0, 0.1) is 5.92 Å². The zero-order valence-corrected chi connectivity index (χ0v) is 17.8. The van der Waals surface area contributed by atoms with Gasteiger partial charge in [-0.2, -0.15) is 4.31 Å². The van der Waals surface area contributed by atoms with Crippen LogP contribution in [0.2, 0.25) is 0 Å². The molecule has 1 N–H and O–H groups in total. The lowest BCUT2D eigenvalue weighted by molar-refractivity contribution is -0.126. The second-order valence-corrected chi connectivity index (χ2v) is 9.96. The molecule has 1 aliphatic heterocycles. The Balaban J connectivity index is 1.53. The number of benzene rings is 1. The minimum absolute atomic E-state index is 0.0189. The Morgan fingerprint density at radius 3 is 2.50 bits per heavy atom. The molecule has 0 radical (unpaired) electrons. The van der Waals surface area contributed by atoms with Crippen LogP contribution in [-0.4, -0.2) is 38.3 Å². The molecule has 1 amide bonds. The summed E-state index contributed by atoms with van der Waals surface area (Å²) in [5, 5.41) is 4.81. The fourth-order valence-electron chi connectivity index (χ4n) is 3.33. The van der Waals surface area contributed by atoms with Crippen molar-refractivity contribution in [1.82, 2.24) is 9.62 Å². The average molecular weight is 423 g/mol. The van der Waals surface area contributed by atoms with Crippen LogP contribution < -0.4 is 10.1 Å². The first-order chi connectivity index (χ1) is 13.4. The van der Waals surface area contributed by atoms with Crippen molar-refractivity contribution < 1.29 is 17.9 Å². The van der Waals surface area contributed by atoms with Gasteiger partial charge in [-0.15, -0.1) is 11.3 Å². The third kappa shape index (κ3) is 4.74. The van der Waals surface area contributed by atoms with E-state index in [2.05, 4.69) is 5.32 Å². The fourth-order valence-corrected chi connectivity index (χ4v) is 5.94. The van der Waals surface area contributed by atoms with Crippen LogP contribution in [0.1, 0.15) is 38.3 Å². The van der Waals surface area contributed by atoms with Crippen molar-refractivity contribution in [1.29, 1.82) is 0 Å². The van der Waals surface area contributed by atoms with E-state index < -0.39 is 10.0 Å². The lowest BCUT2D eigenvalue weighted by Gasteiger charge is -2.30. The van der Waals surface area contributed by atoms with Gasteiger partial charge in [-0.1, -0.05) is 18.2 Å². The summed E-state index contributed by atoms with van der Waals surface area (Å²) in [4.78, 5) is 12.6. The Bertz CT molecular complexity index is 871. The molecular weight excluding hydrogens is 396 g/mol. The number of thiophene rings is 1. The molecule has 1 fully saturated rings. The van der Waals surface area contributed by atoms with E-state index >= 15 is 0 Å². The monoisotopic (exact) mass is 422 g/mol. The van der Waals surface area contributed by atoms with E-state index in [1.54, 1.807) is 17.5 Å². The van der Waals surface area contributed by atoms with Crippen LogP contribution in [-0.2, 0) is 14.8 Å². The Hall–Kier alpha value is -1.90. The van der Waals surface area contributed by atoms with Gasteiger partial charge in [0.25, 0.3) is 10.0 Å². The van der Waals surface area contributed by atoms with Crippen molar-refractivity contribution in [2.75, 3.05) is 19.7 Å². The van der Waals surface area contributed by atoms with Crippen molar-refractivity contribution in [2.45, 2.75) is 36.9 Å². The Morgan fingerprint density at radius 2 is 1.93 bits per heavy atom. The largest absolute Gasteiger partial charge is 0.494 e. The molecule has 0 bridgehead atoms. The highest BCUT2D eigenvalue weighted by Crippen LogP contribution is 2.27. The van der Waals surface area contributed by atoms with Crippen molar-refractivity contribution in [2.24, 2.45) is 5.92 Å². The number of sulfonamides is 1. The summed E-state index contributed by atoms with van der Waals surface area (Å²) in [6, 6.07) is 10.9. The molecule has 1 aliphatic rings. The second kappa shape index (κ2) is 9.07. The molecular formula is C20H26N2O4S2. The van der Waals surface area contributed by atoms with Crippen molar-refractivity contribution in [3.05, 3.63) is 47.3 Å². The third-order valence-corrected chi connectivity index (χ3v) is 8.24. The van der Waals surface area contributed by atoms with E-state index in [0.717, 1.165) is 11.3 Å². The smallest absolute Gasteiger partial charge is 0.252 e. The van der Waals surface area contributed by atoms with Gasteiger partial charge >= 0.3 is 0 Å². The second-order valence-electron chi connectivity index (χ2n) is 6.84. The highest BCUT2D eigenvalue weighted by atomic mass is 32.2. The molecule has 3 rings (SSSR count). The first-order valence-corrected chi connectivity index (χ1v) is 11.8. The fraction of sp³-hybridized carbons (Fsp3) is 0.450. The maximum absolute atomic E-state index is 12.6. The molecule has 0 spiro atoms. The topological polar surface area (TPSA) is 75.7 Å². The Labute approximate surface area is 170 Å². The Morgan fingerprint density at radius 1 is 1.25 bits per heavy atom. The highest BCUT2D eigenvalue weighted by molar-refractivity contribution is 7.91. The molecule has 1 atom stereocenters. The molecule has 2 aromatic rings. The average Bonchev–Trinajstić information content (AvgIpc) is 3.24. The number of ether oxygens (including phenoxy) is 1. The molecule has 0 aliphatic carbocycles. The van der Waals surface area contributed by atoms with E-state index in [9.17, 15) is 13.2 Å². The molecule has 8 heteroatoms. The highest BCUT2D eigenvalue weighted by Gasteiger charge is 2.32. The molecule has 2 heterocycles. The summed E-state index contributed by atoms with van der Waals surface area (Å²) in [6.07, 6.45) is 1.07. The molecule has 28 heavy (non-hydrogen) atoms. The molecule has 1 saturated heterocycles. The number of carbonyl (C=O) groups is 1. The predicted molar refractivity (Wildman–Crippen MR) is 110 cm³/mol. The van der Waals surface area contributed by atoms with Gasteiger partial charge in [-0.3, -0.25) is 4.79 Å². The number of nitrogens with zero attached hydrogens (tertiary/aromatic N) is 1. The predicted octanol–water partition coefficient (Wildman–Crippen LogP) is 3.42. The number of carbonyl (C=O) groups excluding carboxylic acids is 1. The SMILES string of the molecule is CCOc1ccc([C@H](C)NC(=O)C2CCN(S(=O)(=O)c3cccs3)CC2)cc1. The van der Waals surface area contributed by atoms with E-state index in [1.165, 1.54) is 15.6 Å². The summed E-state index contributed by atoms with van der Waals surface area (Å²) < 4.78 is 32.5. The van der Waals surface area contributed by atoms with Gasteiger partial charge in [0.05, 0.1) is 12.6 Å². The van der Waals surface area contributed by atoms with Gasteiger partial charge in [-0.25, -0.2) is 8.42 Å². The Kier molecular flexibility index (Phi) is 6.74. The maximum atomic E-state index is 12.6.